The molecule has 0 amide bonds. The monoisotopic (exact) mass is 291 g/mol. The van der Waals surface area contributed by atoms with E-state index in [1.165, 1.54) is 6.26 Å². The largest absolute Gasteiger partial charge is 0.481 e. The standard InChI is InChI=1S/C12H12F3NO2S/c1-19-11-7(13)3-6(9(14)10(11)15)8-2-5(4-16-8)12(17)18/h3,5,8,16H,2,4H2,1H3,(H,17,18). The van der Waals surface area contributed by atoms with E-state index in [1.807, 2.05) is 0 Å². The minimum absolute atomic E-state index is 0.115. The number of benzene rings is 1. The fourth-order valence-electron chi connectivity index (χ4n) is 2.20. The van der Waals surface area contributed by atoms with Crippen LogP contribution in [-0.4, -0.2) is 23.9 Å². The fraction of sp³-hybridized carbons (Fsp3) is 0.417. The van der Waals surface area contributed by atoms with Crippen molar-refractivity contribution in [1.82, 2.24) is 5.32 Å². The lowest BCUT2D eigenvalue weighted by atomic mass is 9.99. The molecule has 0 bridgehead atoms. The molecule has 0 saturated carbocycles. The number of carbonyl (C=O) groups is 1. The summed E-state index contributed by atoms with van der Waals surface area (Å²) in [6.07, 6.45) is 1.57. The lowest BCUT2D eigenvalue weighted by molar-refractivity contribution is -0.141. The van der Waals surface area contributed by atoms with E-state index in [9.17, 15) is 18.0 Å². The van der Waals surface area contributed by atoms with Crippen molar-refractivity contribution in [2.75, 3.05) is 12.8 Å². The maximum absolute atomic E-state index is 13.9. The highest BCUT2D eigenvalue weighted by atomic mass is 32.2. The summed E-state index contributed by atoms with van der Waals surface area (Å²) in [4.78, 5) is 10.4. The molecule has 3 nitrogen and oxygen atoms in total. The average molecular weight is 291 g/mol. The number of carboxylic acid groups (broad SMARTS) is 1. The maximum Gasteiger partial charge on any atom is 0.307 e. The Bertz CT molecular complexity index is 524. The van der Waals surface area contributed by atoms with E-state index in [1.54, 1.807) is 0 Å². The summed E-state index contributed by atoms with van der Waals surface area (Å²) in [7, 11) is 0. The molecule has 1 fully saturated rings. The van der Waals surface area contributed by atoms with E-state index in [0.29, 0.717) is 0 Å². The minimum atomic E-state index is -1.22. The highest BCUT2D eigenvalue weighted by Crippen LogP contribution is 2.34. The zero-order valence-electron chi connectivity index (χ0n) is 10.0. The SMILES string of the molecule is CSc1c(F)cc(C2CC(C(=O)O)CN2)c(F)c1F. The molecule has 0 aliphatic carbocycles. The topological polar surface area (TPSA) is 49.3 Å². The van der Waals surface area contributed by atoms with Crippen molar-refractivity contribution >= 4 is 17.7 Å². The Hall–Kier alpha value is -1.21. The molecule has 104 valence electrons. The van der Waals surface area contributed by atoms with E-state index in [0.717, 1.165) is 17.8 Å². The first-order chi connectivity index (χ1) is 8.95. The first kappa shape index (κ1) is 14.2. The van der Waals surface area contributed by atoms with E-state index in [2.05, 4.69) is 5.32 Å². The number of nitrogens with one attached hydrogen (secondary N) is 1. The third kappa shape index (κ3) is 2.57. The van der Waals surface area contributed by atoms with Crippen LogP contribution in [0.5, 0.6) is 0 Å². The van der Waals surface area contributed by atoms with Crippen molar-refractivity contribution in [3.05, 3.63) is 29.1 Å². The maximum atomic E-state index is 13.9. The van der Waals surface area contributed by atoms with Crippen molar-refractivity contribution in [2.45, 2.75) is 17.4 Å². The first-order valence-corrected chi connectivity index (χ1v) is 6.85. The van der Waals surface area contributed by atoms with Crippen LogP contribution in [0.4, 0.5) is 13.2 Å². The number of hydrogen-bond acceptors (Lipinski definition) is 3. The quantitative estimate of drug-likeness (QED) is 0.664. The highest BCUT2D eigenvalue weighted by Gasteiger charge is 2.33. The zero-order valence-corrected chi connectivity index (χ0v) is 10.9. The van der Waals surface area contributed by atoms with E-state index >= 15 is 0 Å². The molecule has 1 aliphatic heterocycles. The summed E-state index contributed by atoms with van der Waals surface area (Å²) >= 11 is 0.788. The Morgan fingerprint density at radius 2 is 2.11 bits per heavy atom. The molecule has 1 aromatic carbocycles. The van der Waals surface area contributed by atoms with Crippen LogP contribution < -0.4 is 5.32 Å². The minimum Gasteiger partial charge on any atom is -0.481 e. The molecule has 0 spiro atoms. The number of halogens is 3. The number of carboxylic acids is 1. The van der Waals surface area contributed by atoms with Crippen molar-refractivity contribution in [3.8, 4) is 0 Å². The van der Waals surface area contributed by atoms with Gasteiger partial charge in [-0.3, -0.25) is 4.79 Å². The van der Waals surface area contributed by atoms with Crippen LogP contribution in [0.2, 0.25) is 0 Å². The van der Waals surface area contributed by atoms with Gasteiger partial charge in [0.25, 0.3) is 0 Å². The van der Waals surface area contributed by atoms with Gasteiger partial charge < -0.3 is 10.4 Å². The highest BCUT2D eigenvalue weighted by molar-refractivity contribution is 7.98. The molecule has 2 atom stereocenters. The summed E-state index contributed by atoms with van der Waals surface area (Å²) in [5.74, 6) is -4.84. The number of aliphatic carboxylic acids is 1. The second-order valence-electron chi connectivity index (χ2n) is 4.34. The lowest BCUT2D eigenvalue weighted by Crippen LogP contribution is -2.18. The first-order valence-electron chi connectivity index (χ1n) is 5.63. The van der Waals surface area contributed by atoms with Crippen LogP contribution >= 0.6 is 11.8 Å². The van der Waals surface area contributed by atoms with Crippen LogP contribution in [0.25, 0.3) is 0 Å². The van der Waals surface area contributed by atoms with Crippen LogP contribution in [0.3, 0.4) is 0 Å². The van der Waals surface area contributed by atoms with Crippen molar-refractivity contribution in [2.24, 2.45) is 5.92 Å². The Kier molecular flexibility index (Phi) is 4.05. The predicted octanol–water partition coefficient (Wildman–Crippen LogP) is 2.56. The smallest absolute Gasteiger partial charge is 0.307 e. The van der Waals surface area contributed by atoms with Crippen molar-refractivity contribution < 1.29 is 23.1 Å². The summed E-state index contributed by atoms with van der Waals surface area (Å²) in [5.41, 5.74) is -0.156. The number of rotatable bonds is 3. The van der Waals surface area contributed by atoms with Crippen LogP contribution in [0.15, 0.2) is 11.0 Å². The predicted molar refractivity (Wildman–Crippen MR) is 64.6 cm³/mol. The molecule has 0 radical (unpaired) electrons. The van der Waals surface area contributed by atoms with Gasteiger partial charge in [0.2, 0.25) is 0 Å². The third-order valence-corrected chi connectivity index (χ3v) is 3.99. The van der Waals surface area contributed by atoms with Gasteiger partial charge in [-0.05, 0) is 18.7 Å². The second-order valence-corrected chi connectivity index (χ2v) is 5.16. The molecule has 7 heteroatoms. The normalized spacial score (nSPS) is 22.7. The van der Waals surface area contributed by atoms with Gasteiger partial charge in [-0.2, -0.15) is 0 Å². The molecule has 2 N–H and O–H groups in total. The molecule has 1 aliphatic rings. The fourth-order valence-corrected chi connectivity index (χ4v) is 2.72. The van der Waals surface area contributed by atoms with E-state index in [4.69, 9.17) is 5.11 Å². The Balaban J connectivity index is 2.34. The second kappa shape index (κ2) is 5.42. The molecular formula is C12H12F3NO2S. The summed E-state index contributed by atoms with van der Waals surface area (Å²) in [5, 5.41) is 11.6. The Labute approximate surface area is 112 Å². The van der Waals surface area contributed by atoms with E-state index in [-0.39, 0.29) is 23.4 Å². The number of hydrogen-bond donors (Lipinski definition) is 2. The summed E-state index contributed by atoms with van der Waals surface area (Å²) in [6, 6.07) is 0.257. The van der Waals surface area contributed by atoms with Gasteiger partial charge in [-0.15, -0.1) is 11.8 Å². The lowest BCUT2D eigenvalue weighted by Gasteiger charge is -2.14. The molecular weight excluding hydrogens is 279 g/mol. The number of thioether (sulfide) groups is 1. The van der Waals surface area contributed by atoms with E-state index < -0.39 is 35.4 Å². The zero-order chi connectivity index (χ0) is 14.2. The van der Waals surface area contributed by atoms with Gasteiger partial charge in [0.05, 0.1) is 10.8 Å². The molecule has 2 unspecified atom stereocenters. The van der Waals surface area contributed by atoms with Crippen molar-refractivity contribution in [1.29, 1.82) is 0 Å². The van der Waals surface area contributed by atoms with Gasteiger partial charge in [-0.25, -0.2) is 13.2 Å². The Morgan fingerprint density at radius 3 is 2.63 bits per heavy atom. The molecule has 2 rings (SSSR count). The van der Waals surface area contributed by atoms with Crippen LogP contribution in [-0.2, 0) is 4.79 Å². The van der Waals surface area contributed by atoms with Gasteiger partial charge in [0.1, 0.15) is 5.82 Å². The van der Waals surface area contributed by atoms with Gasteiger partial charge in [0.15, 0.2) is 11.6 Å². The van der Waals surface area contributed by atoms with Gasteiger partial charge >= 0.3 is 5.97 Å². The Morgan fingerprint density at radius 1 is 1.42 bits per heavy atom. The molecule has 0 aromatic heterocycles. The van der Waals surface area contributed by atoms with Crippen molar-refractivity contribution in [3.63, 3.8) is 0 Å². The molecule has 1 aromatic rings. The van der Waals surface area contributed by atoms with Gasteiger partial charge in [-0.1, -0.05) is 0 Å². The molecule has 19 heavy (non-hydrogen) atoms. The molecule has 1 saturated heterocycles. The average Bonchev–Trinajstić information content (AvgIpc) is 2.84. The summed E-state index contributed by atoms with van der Waals surface area (Å²) in [6.45, 7) is 0.160. The van der Waals surface area contributed by atoms with Gasteiger partial charge in [0, 0.05) is 18.2 Å². The molecule has 1 heterocycles. The van der Waals surface area contributed by atoms with Crippen LogP contribution in [0.1, 0.15) is 18.0 Å². The summed E-state index contributed by atoms with van der Waals surface area (Å²) < 4.78 is 41.1. The third-order valence-electron chi connectivity index (χ3n) is 3.20. The van der Waals surface area contributed by atoms with Crippen LogP contribution in [0, 0.1) is 23.4 Å².